The number of hydrogen-bond acceptors (Lipinski definition) is 3. The van der Waals surface area contributed by atoms with Crippen molar-refractivity contribution < 1.29 is 14.3 Å². The third kappa shape index (κ3) is 4.48. The number of rotatable bonds is 4. The van der Waals surface area contributed by atoms with Crippen molar-refractivity contribution in [3.05, 3.63) is 35.9 Å². The van der Waals surface area contributed by atoms with Gasteiger partial charge in [0.1, 0.15) is 5.75 Å². The maximum atomic E-state index is 12.3. The summed E-state index contributed by atoms with van der Waals surface area (Å²) < 4.78 is 5.26. The van der Waals surface area contributed by atoms with E-state index >= 15 is 0 Å². The zero-order chi connectivity index (χ0) is 16.7. The van der Waals surface area contributed by atoms with Crippen molar-refractivity contribution in [1.29, 1.82) is 0 Å². The van der Waals surface area contributed by atoms with Crippen LogP contribution in [0.15, 0.2) is 30.3 Å². The van der Waals surface area contributed by atoms with Crippen LogP contribution in [0.1, 0.15) is 12.5 Å². The lowest BCUT2D eigenvalue weighted by Crippen LogP contribution is -2.52. The number of methoxy groups -OCH3 is 1. The first kappa shape index (κ1) is 16.9. The molecular weight excluding hydrogens is 294 g/mol. The number of hydrogen-bond donors (Lipinski definition) is 1. The van der Waals surface area contributed by atoms with Crippen LogP contribution in [-0.4, -0.2) is 61.6 Å². The minimum Gasteiger partial charge on any atom is -0.496 e. The van der Waals surface area contributed by atoms with Crippen LogP contribution in [0.25, 0.3) is 6.08 Å². The molecule has 1 aromatic carbocycles. The summed E-state index contributed by atoms with van der Waals surface area (Å²) in [6.45, 7) is 4.71. The fraction of sp³-hybridized carbons (Fsp3) is 0.412. The van der Waals surface area contributed by atoms with E-state index in [2.05, 4.69) is 5.32 Å². The summed E-state index contributed by atoms with van der Waals surface area (Å²) in [6, 6.07) is 7.48. The van der Waals surface area contributed by atoms with E-state index in [9.17, 15) is 9.59 Å². The minimum absolute atomic E-state index is 0.0496. The highest BCUT2D eigenvalue weighted by molar-refractivity contribution is 5.92. The van der Waals surface area contributed by atoms with E-state index in [-0.39, 0.29) is 11.9 Å². The highest BCUT2D eigenvalue weighted by Gasteiger charge is 2.22. The van der Waals surface area contributed by atoms with Gasteiger partial charge in [-0.2, -0.15) is 0 Å². The van der Waals surface area contributed by atoms with E-state index in [0.717, 1.165) is 11.3 Å². The number of benzene rings is 1. The van der Waals surface area contributed by atoms with E-state index < -0.39 is 0 Å². The molecule has 0 aromatic heterocycles. The quantitative estimate of drug-likeness (QED) is 0.858. The van der Waals surface area contributed by atoms with Gasteiger partial charge in [-0.3, -0.25) is 4.79 Å². The molecule has 1 fully saturated rings. The van der Waals surface area contributed by atoms with Gasteiger partial charge in [0, 0.05) is 44.4 Å². The molecule has 6 heteroatoms. The number of nitrogens with one attached hydrogen (secondary N) is 1. The Morgan fingerprint density at radius 2 is 1.83 bits per heavy atom. The van der Waals surface area contributed by atoms with Crippen LogP contribution in [0, 0.1) is 0 Å². The number of nitrogens with zero attached hydrogens (tertiary/aromatic N) is 2. The Labute approximate surface area is 136 Å². The van der Waals surface area contributed by atoms with Crippen molar-refractivity contribution in [2.75, 3.05) is 39.8 Å². The first-order valence-electron chi connectivity index (χ1n) is 7.78. The second kappa shape index (κ2) is 8.22. The van der Waals surface area contributed by atoms with E-state index in [1.165, 1.54) is 0 Å². The average Bonchev–Trinajstić information content (AvgIpc) is 2.60. The number of piperazine rings is 1. The summed E-state index contributed by atoms with van der Waals surface area (Å²) in [6.07, 6.45) is 3.32. The Bertz CT molecular complexity index is 578. The first-order valence-corrected chi connectivity index (χ1v) is 7.78. The first-order chi connectivity index (χ1) is 11.2. The molecule has 0 radical (unpaired) electrons. The van der Waals surface area contributed by atoms with Gasteiger partial charge in [-0.15, -0.1) is 0 Å². The Morgan fingerprint density at radius 3 is 2.48 bits per heavy atom. The summed E-state index contributed by atoms with van der Waals surface area (Å²) >= 11 is 0. The van der Waals surface area contributed by atoms with Crippen LogP contribution in [0.2, 0.25) is 0 Å². The second-order valence-corrected chi connectivity index (χ2v) is 5.22. The van der Waals surface area contributed by atoms with Crippen molar-refractivity contribution in [2.24, 2.45) is 0 Å². The van der Waals surface area contributed by atoms with Crippen molar-refractivity contribution in [3.63, 3.8) is 0 Å². The van der Waals surface area contributed by atoms with Crippen molar-refractivity contribution in [2.45, 2.75) is 6.92 Å². The zero-order valence-electron chi connectivity index (χ0n) is 13.6. The molecule has 0 aliphatic carbocycles. The van der Waals surface area contributed by atoms with Crippen LogP contribution in [-0.2, 0) is 4.79 Å². The number of carbonyl (C=O) groups excluding carboxylic acids is 2. The van der Waals surface area contributed by atoms with E-state index in [1.54, 1.807) is 29.1 Å². The highest BCUT2D eigenvalue weighted by Crippen LogP contribution is 2.18. The Morgan fingerprint density at radius 1 is 1.17 bits per heavy atom. The Balaban J connectivity index is 1.90. The molecule has 1 saturated heterocycles. The lowest BCUT2D eigenvalue weighted by atomic mass is 10.2. The van der Waals surface area contributed by atoms with Crippen molar-refractivity contribution in [1.82, 2.24) is 15.1 Å². The molecule has 23 heavy (non-hydrogen) atoms. The summed E-state index contributed by atoms with van der Waals surface area (Å²) in [5.74, 6) is 0.684. The molecule has 6 nitrogen and oxygen atoms in total. The van der Waals surface area contributed by atoms with Gasteiger partial charge in [0.05, 0.1) is 7.11 Å². The van der Waals surface area contributed by atoms with Gasteiger partial charge in [-0.25, -0.2) is 4.79 Å². The fourth-order valence-electron chi connectivity index (χ4n) is 2.46. The highest BCUT2D eigenvalue weighted by atomic mass is 16.5. The molecule has 1 heterocycles. The standard InChI is InChI=1S/C17H23N3O3/c1-3-18-17(22)20-12-10-19(11-13-20)16(21)9-8-14-6-4-5-7-15(14)23-2/h4-9H,3,10-13H2,1-2H3,(H,18,22)/b9-8+. The maximum absolute atomic E-state index is 12.3. The number of para-hydroxylation sites is 1. The molecule has 2 rings (SSSR count). The summed E-state index contributed by atoms with van der Waals surface area (Å²) in [4.78, 5) is 27.5. The molecule has 0 unspecified atom stereocenters. The van der Waals surface area contributed by atoms with Crippen molar-refractivity contribution in [3.8, 4) is 5.75 Å². The molecule has 1 aliphatic rings. The molecule has 124 valence electrons. The molecule has 3 amide bonds. The lowest BCUT2D eigenvalue weighted by Gasteiger charge is -2.34. The molecule has 1 aliphatic heterocycles. The Hall–Kier alpha value is -2.50. The van der Waals surface area contributed by atoms with Crippen LogP contribution < -0.4 is 10.1 Å². The molecule has 1 aromatic rings. The third-order valence-corrected chi connectivity index (χ3v) is 3.75. The van der Waals surface area contributed by atoms with Crippen LogP contribution in [0.5, 0.6) is 5.75 Å². The van der Waals surface area contributed by atoms with Gasteiger partial charge in [-0.05, 0) is 19.1 Å². The predicted octanol–water partition coefficient (Wildman–Crippen LogP) is 1.58. The minimum atomic E-state index is -0.0656. The monoisotopic (exact) mass is 317 g/mol. The summed E-state index contributed by atoms with van der Waals surface area (Å²) in [5, 5.41) is 2.77. The lowest BCUT2D eigenvalue weighted by molar-refractivity contribution is -0.127. The third-order valence-electron chi connectivity index (χ3n) is 3.75. The summed E-state index contributed by atoms with van der Waals surface area (Å²) in [5.41, 5.74) is 0.865. The van der Waals surface area contributed by atoms with E-state index in [4.69, 9.17) is 4.74 Å². The van der Waals surface area contributed by atoms with Crippen LogP contribution in [0.3, 0.4) is 0 Å². The van der Waals surface area contributed by atoms with E-state index in [1.807, 2.05) is 31.2 Å². The second-order valence-electron chi connectivity index (χ2n) is 5.22. The number of amides is 3. The molecule has 0 spiro atoms. The normalized spacial score (nSPS) is 14.9. The zero-order valence-corrected chi connectivity index (χ0v) is 13.6. The summed E-state index contributed by atoms with van der Waals surface area (Å²) in [7, 11) is 1.61. The number of urea groups is 1. The average molecular weight is 317 g/mol. The largest absolute Gasteiger partial charge is 0.496 e. The van der Waals surface area contributed by atoms with Gasteiger partial charge in [0.25, 0.3) is 0 Å². The van der Waals surface area contributed by atoms with Gasteiger partial charge in [-0.1, -0.05) is 18.2 Å². The fourth-order valence-corrected chi connectivity index (χ4v) is 2.46. The van der Waals surface area contributed by atoms with Crippen LogP contribution >= 0.6 is 0 Å². The molecule has 0 saturated carbocycles. The number of carbonyl (C=O) groups is 2. The molecule has 0 atom stereocenters. The maximum Gasteiger partial charge on any atom is 0.317 e. The Kier molecular flexibility index (Phi) is 6.02. The SMILES string of the molecule is CCNC(=O)N1CCN(C(=O)/C=C/c2ccccc2OC)CC1. The van der Waals surface area contributed by atoms with Crippen molar-refractivity contribution >= 4 is 18.0 Å². The van der Waals surface area contributed by atoms with Gasteiger partial charge >= 0.3 is 6.03 Å². The molecule has 0 bridgehead atoms. The predicted molar refractivity (Wildman–Crippen MR) is 89.3 cm³/mol. The molecular formula is C17H23N3O3. The molecule has 1 N–H and O–H groups in total. The van der Waals surface area contributed by atoms with E-state index in [0.29, 0.717) is 32.7 Å². The van der Waals surface area contributed by atoms with Crippen LogP contribution in [0.4, 0.5) is 4.79 Å². The van der Waals surface area contributed by atoms with Gasteiger partial charge < -0.3 is 19.9 Å². The van der Waals surface area contributed by atoms with Gasteiger partial charge in [0.15, 0.2) is 0 Å². The van der Waals surface area contributed by atoms with Gasteiger partial charge in [0.2, 0.25) is 5.91 Å². The number of ether oxygens (including phenoxy) is 1. The topological polar surface area (TPSA) is 61.9 Å². The smallest absolute Gasteiger partial charge is 0.317 e.